The van der Waals surface area contributed by atoms with E-state index in [1.807, 2.05) is 0 Å². The van der Waals surface area contributed by atoms with Gasteiger partial charge in [-0.05, 0) is 27.7 Å². The van der Waals surface area contributed by atoms with Gasteiger partial charge in [-0.3, -0.25) is 14.4 Å². The lowest BCUT2D eigenvalue weighted by molar-refractivity contribution is -0.151. The summed E-state index contributed by atoms with van der Waals surface area (Å²) in [6, 6.07) is 0. The molecule has 24 heavy (non-hydrogen) atoms. The van der Waals surface area contributed by atoms with Crippen molar-refractivity contribution in [1.29, 1.82) is 0 Å². The van der Waals surface area contributed by atoms with Crippen molar-refractivity contribution in [3.8, 4) is 0 Å². The number of nitrogens with one attached hydrogen (secondary N) is 1. The number of carboxylic acids is 2. The van der Waals surface area contributed by atoms with Crippen molar-refractivity contribution in [3.05, 3.63) is 48.6 Å². The third-order valence-corrected chi connectivity index (χ3v) is 3.53. The second kappa shape index (κ2) is 9.50. The van der Waals surface area contributed by atoms with Crippen molar-refractivity contribution in [2.75, 3.05) is 6.54 Å². The van der Waals surface area contributed by atoms with Crippen molar-refractivity contribution < 1.29 is 24.6 Å². The first-order valence-electron chi connectivity index (χ1n) is 7.56. The Morgan fingerprint density at radius 3 is 1.46 bits per heavy atom. The molecule has 0 fully saturated rings. The van der Waals surface area contributed by atoms with Crippen LogP contribution in [-0.2, 0) is 14.4 Å². The molecule has 0 aromatic carbocycles. The fraction of sp³-hybridized carbons (Fsp3) is 0.389. The third kappa shape index (κ3) is 4.22. The van der Waals surface area contributed by atoms with E-state index >= 15 is 0 Å². The van der Waals surface area contributed by atoms with Crippen LogP contribution in [0.25, 0.3) is 0 Å². The Morgan fingerprint density at radius 2 is 1.17 bits per heavy atom. The Bertz CT molecular complexity index is 560. The fourth-order valence-electron chi connectivity index (χ4n) is 2.68. The predicted molar refractivity (Wildman–Crippen MR) is 92.4 cm³/mol. The van der Waals surface area contributed by atoms with E-state index in [0.717, 1.165) is 0 Å². The molecule has 0 heterocycles. The molecular weight excluding hydrogens is 310 g/mol. The number of amides is 1. The first kappa shape index (κ1) is 21.4. The van der Waals surface area contributed by atoms with E-state index in [2.05, 4.69) is 5.32 Å². The zero-order valence-corrected chi connectivity index (χ0v) is 14.4. The lowest BCUT2D eigenvalue weighted by atomic mass is 9.61. The van der Waals surface area contributed by atoms with Gasteiger partial charge in [-0.1, -0.05) is 48.6 Å². The third-order valence-electron chi connectivity index (χ3n) is 3.53. The van der Waals surface area contributed by atoms with Crippen LogP contribution < -0.4 is 5.32 Å². The molecule has 132 valence electrons. The highest BCUT2D eigenvalue weighted by atomic mass is 16.4. The molecule has 0 aromatic rings. The van der Waals surface area contributed by atoms with Gasteiger partial charge in [0.25, 0.3) is 0 Å². The van der Waals surface area contributed by atoms with Gasteiger partial charge in [-0.25, -0.2) is 0 Å². The van der Waals surface area contributed by atoms with Gasteiger partial charge in [-0.2, -0.15) is 0 Å². The predicted octanol–water partition coefficient (Wildman–Crippen LogP) is 2.55. The maximum absolute atomic E-state index is 12.8. The van der Waals surface area contributed by atoms with E-state index in [4.69, 9.17) is 5.11 Å². The zero-order chi connectivity index (χ0) is 18.8. The minimum absolute atomic E-state index is 0.600. The van der Waals surface area contributed by atoms with Crippen LogP contribution in [0.5, 0.6) is 0 Å². The van der Waals surface area contributed by atoms with Gasteiger partial charge in [0.1, 0.15) is 17.4 Å². The first-order valence-corrected chi connectivity index (χ1v) is 7.56. The van der Waals surface area contributed by atoms with E-state index in [9.17, 15) is 19.5 Å². The van der Waals surface area contributed by atoms with Crippen LogP contribution in [0.3, 0.4) is 0 Å². The van der Waals surface area contributed by atoms with Crippen LogP contribution >= 0.6 is 0 Å². The van der Waals surface area contributed by atoms with Crippen molar-refractivity contribution in [2.24, 2.45) is 10.8 Å². The summed E-state index contributed by atoms with van der Waals surface area (Å²) >= 11 is 0. The Hall–Kier alpha value is -2.63. The number of hydrogen-bond acceptors (Lipinski definition) is 3. The molecule has 6 nitrogen and oxygen atoms in total. The SMILES string of the molecule is CC=CC(C=CC)(C(=O)O)C(C=CC)(C=CC)C(=O)NCC(=O)O. The van der Waals surface area contributed by atoms with Crippen molar-refractivity contribution in [2.45, 2.75) is 27.7 Å². The van der Waals surface area contributed by atoms with E-state index in [0.29, 0.717) is 0 Å². The number of hydrogen-bond donors (Lipinski definition) is 3. The average Bonchev–Trinajstić information content (AvgIpc) is 2.51. The number of aliphatic carboxylic acids is 2. The summed E-state index contributed by atoms with van der Waals surface area (Å²) in [4.78, 5) is 35.8. The number of carbonyl (C=O) groups excluding carboxylic acids is 1. The van der Waals surface area contributed by atoms with Crippen LogP contribution in [0, 0.1) is 10.8 Å². The molecule has 0 aliphatic rings. The summed E-state index contributed by atoms with van der Waals surface area (Å²) in [5.74, 6) is -3.14. The van der Waals surface area contributed by atoms with Gasteiger partial charge in [0.15, 0.2) is 0 Å². The van der Waals surface area contributed by atoms with E-state index in [1.165, 1.54) is 24.3 Å². The normalized spacial score (nSPS) is 17.3. The van der Waals surface area contributed by atoms with E-state index in [-0.39, 0.29) is 0 Å². The lowest BCUT2D eigenvalue weighted by Crippen LogP contribution is -2.53. The molecule has 0 bridgehead atoms. The first-order chi connectivity index (χ1) is 11.3. The number of carbonyl (C=O) groups is 3. The number of rotatable bonds is 9. The maximum Gasteiger partial charge on any atom is 0.322 e. The second-order valence-electron chi connectivity index (χ2n) is 5.12. The molecule has 0 saturated carbocycles. The molecular formula is C18H25NO5. The Balaban J connectivity index is 6.67. The highest BCUT2D eigenvalue weighted by Crippen LogP contribution is 2.46. The molecule has 0 aliphatic heterocycles. The number of allylic oxidation sites excluding steroid dienone is 4. The highest BCUT2D eigenvalue weighted by Gasteiger charge is 2.55. The molecule has 0 spiro atoms. The largest absolute Gasteiger partial charge is 0.480 e. The van der Waals surface area contributed by atoms with Crippen molar-refractivity contribution >= 4 is 17.8 Å². The summed E-state index contributed by atoms with van der Waals surface area (Å²) in [5.41, 5.74) is -3.31. The standard InChI is InChI=1S/C18H25NO5/c1-5-9-17(10-6-2,15(22)19-13-14(20)21)18(11-7-3,12-8-4)16(23)24/h5-12H,13H2,1-4H3,(H,19,22)(H,20,21)(H,23,24). The summed E-state index contributed by atoms with van der Waals surface area (Å²) in [7, 11) is 0. The Kier molecular flexibility index (Phi) is 8.46. The molecule has 0 unspecified atom stereocenters. The van der Waals surface area contributed by atoms with Gasteiger partial charge < -0.3 is 15.5 Å². The molecule has 1 amide bonds. The second-order valence-corrected chi connectivity index (χ2v) is 5.12. The summed E-state index contributed by atoms with van der Waals surface area (Å²) in [5, 5.41) is 21.0. The molecule has 0 aromatic heterocycles. The Morgan fingerprint density at radius 1 is 0.792 bits per heavy atom. The minimum atomic E-state index is -1.70. The average molecular weight is 335 g/mol. The van der Waals surface area contributed by atoms with Crippen LogP contribution in [-0.4, -0.2) is 34.6 Å². The molecule has 0 radical (unpaired) electrons. The van der Waals surface area contributed by atoms with Gasteiger partial charge in [-0.15, -0.1) is 0 Å². The summed E-state index contributed by atoms with van der Waals surface area (Å²) < 4.78 is 0. The van der Waals surface area contributed by atoms with Crippen LogP contribution in [0.1, 0.15) is 27.7 Å². The topological polar surface area (TPSA) is 104 Å². The van der Waals surface area contributed by atoms with Crippen LogP contribution in [0.4, 0.5) is 0 Å². The lowest BCUT2D eigenvalue weighted by Gasteiger charge is -2.39. The van der Waals surface area contributed by atoms with Gasteiger partial charge in [0.2, 0.25) is 5.91 Å². The molecule has 0 aliphatic carbocycles. The number of carboxylic acid groups (broad SMARTS) is 2. The molecule has 0 atom stereocenters. The van der Waals surface area contributed by atoms with Crippen LogP contribution in [0.15, 0.2) is 48.6 Å². The van der Waals surface area contributed by atoms with Crippen molar-refractivity contribution in [3.63, 3.8) is 0 Å². The summed E-state index contributed by atoms with van der Waals surface area (Å²) in [6.45, 7) is 6.05. The highest BCUT2D eigenvalue weighted by molar-refractivity contribution is 5.97. The molecule has 0 rings (SSSR count). The minimum Gasteiger partial charge on any atom is -0.480 e. The fourth-order valence-corrected chi connectivity index (χ4v) is 2.68. The van der Waals surface area contributed by atoms with Crippen LogP contribution in [0.2, 0.25) is 0 Å². The van der Waals surface area contributed by atoms with Crippen molar-refractivity contribution in [1.82, 2.24) is 5.32 Å². The zero-order valence-electron chi connectivity index (χ0n) is 14.4. The van der Waals surface area contributed by atoms with Gasteiger partial charge in [0, 0.05) is 0 Å². The molecule has 0 saturated heterocycles. The molecule has 3 N–H and O–H groups in total. The maximum atomic E-state index is 12.8. The van der Waals surface area contributed by atoms with E-state index in [1.54, 1.807) is 52.0 Å². The smallest absolute Gasteiger partial charge is 0.322 e. The Labute approximate surface area is 142 Å². The molecule has 6 heteroatoms. The monoisotopic (exact) mass is 335 g/mol. The van der Waals surface area contributed by atoms with Gasteiger partial charge in [0.05, 0.1) is 0 Å². The quantitative estimate of drug-likeness (QED) is 0.562. The van der Waals surface area contributed by atoms with Gasteiger partial charge >= 0.3 is 11.9 Å². The summed E-state index contributed by atoms with van der Waals surface area (Å²) in [6.07, 6.45) is 12.1. The van der Waals surface area contributed by atoms with E-state index < -0.39 is 35.2 Å².